The lowest BCUT2D eigenvalue weighted by Crippen LogP contribution is -1.93. The molecule has 0 amide bonds. The lowest BCUT2D eigenvalue weighted by Gasteiger charge is -2.05. The van der Waals surface area contributed by atoms with E-state index in [2.05, 4.69) is 4.98 Å². The zero-order valence-electron chi connectivity index (χ0n) is 9.45. The highest BCUT2D eigenvalue weighted by atomic mass is 35.5. The van der Waals surface area contributed by atoms with E-state index in [0.717, 1.165) is 11.2 Å². The summed E-state index contributed by atoms with van der Waals surface area (Å²) in [6.45, 7) is 0. The molecule has 1 aromatic heterocycles. The molecule has 2 nitrogen and oxygen atoms in total. The number of nitrogens with zero attached hydrogens (tertiary/aromatic N) is 1. The van der Waals surface area contributed by atoms with Crippen LogP contribution < -0.4 is 0 Å². The molecule has 3 aromatic rings. The number of halogens is 3. The van der Waals surface area contributed by atoms with E-state index in [0.29, 0.717) is 15.3 Å². The fraction of sp³-hybridized carbons (Fsp3) is 0. The molecule has 0 fully saturated rings. The van der Waals surface area contributed by atoms with Gasteiger partial charge < -0.3 is 4.98 Å². The highest BCUT2D eigenvalue weighted by Crippen LogP contribution is 2.25. The minimum absolute atomic E-state index is 0.0595. The number of benzene rings is 2. The van der Waals surface area contributed by atoms with E-state index in [9.17, 15) is 4.39 Å². The highest BCUT2D eigenvalue weighted by Gasteiger charge is 2.10. The Hall–Kier alpha value is -1.36. The fourth-order valence-electron chi connectivity index (χ4n) is 1.95. The third-order valence-corrected chi connectivity index (χ3v) is 3.64. The number of imidazole rings is 1. The van der Waals surface area contributed by atoms with Gasteiger partial charge in [-0.25, -0.2) is 4.39 Å². The van der Waals surface area contributed by atoms with Crippen LogP contribution in [0.1, 0.15) is 0 Å². The van der Waals surface area contributed by atoms with Crippen LogP contribution in [0.5, 0.6) is 0 Å². The lowest BCUT2D eigenvalue weighted by molar-refractivity contribution is 0.630. The monoisotopic (exact) mass is 312 g/mol. The second kappa shape index (κ2) is 4.63. The molecule has 0 bridgehead atoms. The van der Waals surface area contributed by atoms with Crippen LogP contribution in [0.2, 0.25) is 10.0 Å². The van der Waals surface area contributed by atoms with Crippen LogP contribution >= 0.6 is 35.4 Å². The summed E-state index contributed by atoms with van der Waals surface area (Å²) in [5.74, 6) is -0.478. The van der Waals surface area contributed by atoms with Crippen LogP contribution in [-0.2, 0) is 0 Å². The largest absolute Gasteiger partial charge is 0.330 e. The summed E-state index contributed by atoms with van der Waals surface area (Å²) < 4.78 is 15.7. The highest BCUT2D eigenvalue weighted by molar-refractivity contribution is 7.71. The van der Waals surface area contributed by atoms with Crippen molar-refractivity contribution in [1.29, 1.82) is 0 Å². The van der Waals surface area contributed by atoms with Crippen molar-refractivity contribution >= 4 is 46.5 Å². The van der Waals surface area contributed by atoms with E-state index in [-0.39, 0.29) is 5.02 Å². The Labute approximate surface area is 123 Å². The van der Waals surface area contributed by atoms with Crippen molar-refractivity contribution < 1.29 is 4.39 Å². The van der Waals surface area contributed by atoms with Gasteiger partial charge in [0.1, 0.15) is 5.82 Å². The number of rotatable bonds is 1. The van der Waals surface area contributed by atoms with E-state index >= 15 is 0 Å². The van der Waals surface area contributed by atoms with E-state index < -0.39 is 5.82 Å². The van der Waals surface area contributed by atoms with Crippen LogP contribution in [0.25, 0.3) is 16.7 Å². The van der Waals surface area contributed by atoms with Crippen LogP contribution in [0.3, 0.4) is 0 Å². The third kappa shape index (κ3) is 2.16. The summed E-state index contributed by atoms with van der Waals surface area (Å²) in [7, 11) is 0. The molecular formula is C13H7Cl2FN2S. The first kappa shape index (κ1) is 12.7. The second-order valence-electron chi connectivity index (χ2n) is 4.03. The SMILES string of the molecule is Fc1cc2[nH]c(=S)n(-c3ccc(Cl)cc3)c2cc1Cl. The maximum atomic E-state index is 13.4. The molecule has 1 N–H and O–H groups in total. The molecule has 6 heteroatoms. The molecule has 1 heterocycles. The summed E-state index contributed by atoms with van der Waals surface area (Å²) in [5.41, 5.74) is 2.16. The van der Waals surface area contributed by atoms with Gasteiger partial charge in [0.25, 0.3) is 0 Å². The van der Waals surface area contributed by atoms with Crippen molar-refractivity contribution in [2.45, 2.75) is 0 Å². The van der Waals surface area contributed by atoms with Gasteiger partial charge >= 0.3 is 0 Å². The predicted molar refractivity (Wildman–Crippen MR) is 78.4 cm³/mol. The molecule has 0 aliphatic carbocycles. The zero-order chi connectivity index (χ0) is 13.6. The smallest absolute Gasteiger partial charge is 0.182 e. The van der Waals surface area contributed by atoms with Gasteiger partial charge in [-0.1, -0.05) is 23.2 Å². The number of H-pyrrole nitrogens is 1. The van der Waals surface area contributed by atoms with E-state index in [1.54, 1.807) is 22.8 Å². The molecule has 0 aliphatic rings. The molecule has 0 atom stereocenters. The number of nitrogens with one attached hydrogen (secondary N) is 1. The molecule has 2 aromatic carbocycles. The first-order chi connectivity index (χ1) is 9.06. The van der Waals surface area contributed by atoms with Crippen molar-refractivity contribution in [3.63, 3.8) is 0 Å². The molecule has 0 radical (unpaired) electrons. The Balaban J connectivity index is 2.34. The Bertz CT molecular complexity index is 821. The number of aromatic amines is 1. The van der Waals surface area contributed by atoms with Crippen LogP contribution in [-0.4, -0.2) is 9.55 Å². The van der Waals surface area contributed by atoms with E-state index in [4.69, 9.17) is 35.4 Å². The molecule has 0 saturated carbocycles. The topological polar surface area (TPSA) is 20.7 Å². The van der Waals surface area contributed by atoms with E-state index in [1.807, 2.05) is 12.1 Å². The maximum absolute atomic E-state index is 13.4. The van der Waals surface area contributed by atoms with Crippen molar-refractivity contribution in [3.8, 4) is 5.69 Å². The normalized spacial score (nSPS) is 11.1. The summed E-state index contributed by atoms with van der Waals surface area (Å²) in [5, 5.41) is 0.698. The summed E-state index contributed by atoms with van der Waals surface area (Å²) in [6, 6.07) is 10.1. The predicted octanol–water partition coefficient (Wildman–Crippen LogP) is 5.13. The molecule has 19 heavy (non-hydrogen) atoms. The van der Waals surface area contributed by atoms with E-state index in [1.165, 1.54) is 6.07 Å². The van der Waals surface area contributed by atoms with Crippen LogP contribution in [0.15, 0.2) is 36.4 Å². The summed E-state index contributed by atoms with van der Waals surface area (Å²) in [4.78, 5) is 2.95. The van der Waals surface area contributed by atoms with Gasteiger partial charge in [0.2, 0.25) is 0 Å². The number of aromatic nitrogens is 2. The van der Waals surface area contributed by atoms with Crippen LogP contribution in [0, 0.1) is 10.6 Å². The fourth-order valence-corrected chi connectivity index (χ4v) is 2.55. The lowest BCUT2D eigenvalue weighted by atomic mass is 10.2. The Morgan fingerprint density at radius 1 is 1.11 bits per heavy atom. The minimum atomic E-state index is -0.478. The average Bonchev–Trinajstić information content (AvgIpc) is 2.67. The van der Waals surface area contributed by atoms with Gasteiger partial charge in [0.15, 0.2) is 4.77 Å². The molecule has 0 spiro atoms. The number of fused-ring (bicyclic) bond motifs is 1. The van der Waals surface area contributed by atoms with Gasteiger partial charge in [0, 0.05) is 16.8 Å². The summed E-state index contributed by atoms with van der Waals surface area (Å²) in [6.07, 6.45) is 0. The van der Waals surface area contributed by atoms with Crippen molar-refractivity contribution in [3.05, 3.63) is 57.0 Å². The van der Waals surface area contributed by atoms with Crippen molar-refractivity contribution in [2.75, 3.05) is 0 Å². The third-order valence-electron chi connectivity index (χ3n) is 2.81. The van der Waals surface area contributed by atoms with Crippen LogP contribution in [0.4, 0.5) is 4.39 Å². The first-order valence-corrected chi connectivity index (χ1v) is 6.58. The molecule has 0 aliphatic heterocycles. The average molecular weight is 313 g/mol. The molecule has 0 saturated heterocycles. The van der Waals surface area contributed by atoms with Gasteiger partial charge in [-0.15, -0.1) is 0 Å². The second-order valence-corrected chi connectivity index (χ2v) is 5.26. The minimum Gasteiger partial charge on any atom is -0.330 e. The first-order valence-electron chi connectivity index (χ1n) is 5.42. The van der Waals surface area contributed by atoms with Gasteiger partial charge in [-0.05, 0) is 42.5 Å². The summed E-state index contributed by atoms with van der Waals surface area (Å²) >= 11 is 17.0. The zero-order valence-corrected chi connectivity index (χ0v) is 11.8. The van der Waals surface area contributed by atoms with Gasteiger partial charge in [-0.3, -0.25) is 4.57 Å². The Morgan fingerprint density at radius 3 is 2.47 bits per heavy atom. The maximum Gasteiger partial charge on any atom is 0.182 e. The Kier molecular flexibility index (Phi) is 3.09. The molecule has 3 rings (SSSR count). The number of hydrogen-bond donors (Lipinski definition) is 1. The quantitative estimate of drug-likeness (QED) is 0.617. The molecular weight excluding hydrogens is 306 g/mol. The Morgan fingerprint density at radius 2 is 1.79 bits per heavy atom. The van der Waals surface area contributed by atoms with Crippen molar-refractivity contribution in [2.24, 2.45) is 0 Å². The van der Waals surface area contributed by atoms with Gasteiger partial charge in [-0.2, -0.15) is 0 Å². The molecule has 0 unspecified atom stereocenters. The number of hydrogen-bond acceptors (Lipinski definition) is 1. The van der Waals surface area contributed by atoms with Gasteiger partial charge in [0.05, 0.1) is 16.1 Å². The van der Waals surface area contributed by atoms with Crippen molar-refractivity contribution in [1.82, 2.24) is 9.55 Å². The standard InChI is InChI=1S/C13H7Cl2FN2S/c14-7-1-3-8(4-2-7)18-12-5-9(15)10(16)6-11(12)17-13(18)19/h1-6H,(H,17,19). The molecule has 96 valence electrons.